The first-order valence-electron chi connectivity index (χ1n) is 7.06. The van der Waals surface area contributed by atoms with Gasteiger partial charge < -0.3 is 14.8 Å². The van der Waals surface area contributed by atoms with E-state index >= 15 is 0 Å². The van der Waals surface area contributed by atoms with Crippen molar-refractivity contribution < 1.29 is 14.3 Å². The van der Waals surface area contributed by atoms with Gasteiger partial charge in [-0.25, -0.2) is 0 Å². The van der Waals surface area contributed by atoms with Crippen molar-refractivity contribution in [3.05, 3.63) is 0 Å². The molecule has 1 aliphatic carbocycles. The summed E-state index contributed by atoms with van der Waals surface area (Å²) in [6.45, 7) is 7.19. The van der Waals surface area contributed by atoms with Crippen LogP contribution < -0.4 is 5.32 Å². The van der Waals surface area contributed by atoms with Crippen molar-refractivity contribution >= 4 is 5.91 Å². The molecule has 0 radical (unpaired) electrons. The van der Waals surface area contributed by atoms with Gasteiger partial charge in [0.15, 0.2) is 5.79 Å². The molecule has 1 unspecified atom stereocenters. The molecule has 1 heterocycles. The normalized spacial score (nSPS) is 35.4. The molecule has 2 rings (SSSR count). The predicted octanol–water partition coefficient (Wildman–Crippen LogP) is 2.08. The van der Waals surface area contributed by atoms with E-state index in [9.17, 15) is 4.79 Å². The van der Waals surface area contributed by atoms with Gasteiger partial charge >= 0.3 is 0 Å². The molecule has 1 N–H and O–H groups in total. The zero-order chi connectivity index (χ0) is 13.2. The summed E-state index contributed by atoms with van der Waals surface area (Å²) in [6, 6.07) is 0. The number of ether oxygens (including phenoxy) is 2. The largest absolute Gasteiger partial charge is 0.353 e. The minimum absolute atomic E-state index is 0.00790. The predicted molar refractivity (Wildman–Crippen MR) is 69.0 cm³/mol. The average Bonchev–Trinajstić information content (AvgIpc) is 2.67. The molecule has 0 spiro atoms. The molecule has 1 amide bonds. The lowest BCUT2D eigenvalue weighted by molar-refractivity contribution is -0.140. The van der Waals surface area contributed by atoms with Crippen LogP contribution in [0.4, 0.5) is 0 Å². The number of carbonyl (C=O) groups excluding carboxylic acids is 1. The van der Waals surface area contributed by atoms with E-state index in [1.54, 1.807) is 0 Å². The summed E-state index contributed by atoms with van der Waals surface area (Å²) in [6.07, 6.45) is 4.40. The highest BCUT2D eigenvalue weighted by molar-refractivity contribution is 5.78. The van der Waals surface area contributed by atoms with Gasteiger partial charge in [0.1, 0.15) is 6.10 Å². The van der Waals surface area contributed by atoms with E-state index in [0.717, 1.165) is 18.8 Å². The van der Waals surface area contributed by atoms with Gasteiger partial charge in [-0.15, -0.1) is 0 Å². The quantitative estimate of drug-likeness (QED) is 0.840. The van der Waals surface area contributed by atoms with Crippen LogP contribution in [0, 0.1) is 11.8 Å². The fourth-order valence-corrected chi connectivity index (χ4v) is 2.74. The Labute approximate surface area is 109 Å². The van der Waals surface area contributed by atoms with E-state index < -0.39 is 5.79 Å². The zero-order valence-electron chi connectivity index (χ0n) is 11.7. The fourth-order valence-electron chi connectivity index (χ4n) is 2.74. The summed E-state index contributed by atoms with van der Waals surface area (Å²) in [5.74, 6) is 0.670. The molecule has 0 aromatic rings. The van der Waals surface area contributed by atoms with Crippen molar-refractivity contribution in [3.8, 4) is 0 Å². The van der Waals surface area contributed by atoms with Crippen LogP contribution in [0.2, 0.25) is 0 Å². The molecule has 18 heavy (non-hydrogen) atoms. The number of hydrogen-bond acceptors (Lipinski definition) is 3. The summed E-state index contributed by atoms with van der Waals surface area (Å²) < 4.78 is 11.1. The number of hydrogen-bond donors (Lipinski definition) is 1. The summed E-state index contributed by atoms with van der Waals surface area (Å²) >= 11 is 0. The fraction of sp³-hybridized carbons (Fsp3) is 0.929. The van der Waals surface area contributed by atoms with Crippen LogP contribution in [-0.2, 0) is 14.3 Å². The molecule has 2 fully saturated rings. The third-order valence-electron chi connectivity index (χ3n) is 3.96. The van der Waals surface area contributed by atoms with E-state index in [1.165, 1.54) is 12.8 Å². The van der Waals surface area contributed by atoms with Crippen molar-refractivity contribution in [2.75, 3.05) is 13.2 Å². The van der Waals surface area contributed by atoms with Gasteiger partial charge in [0.2, 0.25) is 5.91 Å². The van der Waals surface area contributed by atoms with E-state index in [2.05, 4.69) is 12.2 Å². The van der Waals surface area contributed by atoms with E-state index in [0.29, 0.717) is 13.2 Å². The maximum Gasteiger partial charge on any atom is 0.223 e. The second-order valence-electron chi connectivity index (χ2n) is 6.15. The molecular formula is C14H25NO3. The lowest BCUT2D eigenvalue weighted by atomic mass is 9.82. The maximum absolute atomic E-state index is 12.0. The molecule has 1 saturated heterocycles. The number of rotatable bonds is 3. The van der Waals surface area contributed by atoms with Gasteiger partial charge in [-0.3, -0.25) is 4.79 Å². The van der Waals surface area contributed by atoms with Crippen LogP contribution in [0.1, 0.15) is 46.5 Å². The van der Waals surface area contributed by atoms with Crippen LogP contribution >= 0.6 is 0 Å². The average molecular weight is 255 g/mol. The Bertz CT molecular complexity index is 295. The highest BCUT2D eigenvalue weighted by Gasteiger charge is 2.33. The Morgan fingerprint density at radius 1 is 1.28 bits per heavy atom. The summed E-state index contributed by atoms with van der Waals surface area (Å²) in [5, 5.41) is 3.00. The third-order valence-corrected chi connectivity index (χ3v) is 3.96. The van der Waals surface area contributed by atoms with Crippen molar-refractivity contribution in [1.82, 2.24) is 5.32 Å². The molecule has 4 heteroatoms. The molecule has 1 saturated carbocycles. The highest BCUT2D eigenvalue weighted by atomic mass is 16.7. The number of carbonyl (C=O) groups is 1. The van der Waals surface area contributed by atoms with E-state index in [1.807, 2.05) is 13.8 Å². The van der Waals surface area contributed by atoms with Gasteiger partial charge in [0.05, 0.1) is 6.61 Å². The third kappa shape index (κ3) is 3.69. The van der Waals surface area contributed by atoms with Gasteiger partial charge in [-0.1, -0.05) is 6.92 Å². The smallest absolute Gasteiger partial charge is 0.223 e. The lowest BCUT2D eigenvalue weighted by Gasteiger charge is -2.25. The Hall–Kier alpha value is -0.610. The van der Waals surface area contributed by atoms with Crippen molar-refractivity contribution in [1.29, 1.82) is 0 Å². The maximum atomic E-state index is 12.0. The summed E-state index contributed by atoms with van der Waals surface area (Å²) in [7, 11) is 0. The molecule has 2 aliphatic rings. The van der Waals surface area contributed by atoms with Gasteiger partial charge in [0, 0.05) is 12.5 Å². The van der Waals surface area contributed by atoms with Crippen molar-refractivity contribution in [2.45, 2.75) is 58.3 Å². The molecule has 0 aromatic heterocycles. The molecule has 1 aliphatic heterocycles. The van der Waals surface area contributed by atoms with Crippen molar-refractivity contribution in [3.63, 3.8) is 0 Å². The van der Waals surface area contributed by atoms with Gasteiger partial charge in [0.25, 0.3) is 0 Å². The highest BCUT2D eigenvalue weighted by Crippen LogP contribution is 2.28. The first kappa shape index (κ1) is 13.8. The van der Waals surface area contributed by atoms with Crippen LogP contribution in [0.25, 0.3) is 0 Å². The molecule has 104 valence electrons. The Morgan fingerprint density at radius 2 is 1.94 bits per heavy atom. The molecule has 0 aromatic carbocycles. The first-order valence-corrected chi connectivity index (χ1v) is 7.06. The first-order chi connectivity index (χ1) is 8.46. The van der Waals surface area contributed by atoms with Crippen LogP contribution in [0.15, 0.2) is 0 Å². The SMILES string of the molecule is CC1CCC(C(=O)NCC2COC(C)(C)O2)CC1. The van der Waals surface area contributed by atoms with E-state index in [4.69, 9.17) is 9.47 Å². The Morgan fingerprint density at radius 3 is 2.50 bits per heavy atom. The molecule has 1 atom stereocenters. The van der Waals surface area contributed by atoms with Crippen LogP contribution in [-0.4, -0.2) is 30.9 Å². The second kappa shape index (κ2) is 5.57. The summed E-state index contributed by atoms with van der Waals surface area (Å²) in [5.41, 5.74) is 0. The summed E-state index contributed by atoms with van der Waals surface area (Å²) in [4.78, 5) is 12.0. The van der Waals surface area contributed by atoms with Crippen molar-refractivity contribution in [2.24, 2.45) is 11.8 Å². The number of amides is 1. The Balaban J connectivity index is 1.69. The topological polar surface area (TPSA) is 47.6 Å². The molecule has 4 nitrogen and oxygen atoms in total. The monoisotopic (exact) mass is 255 g/mol. The van der Waals surface area contributed by atoms with E-state index in [-0.39, 0.29) is 17.9 Å². The van der Waals surface area contributed by atoms with Gasteiger partial charge in [-0.05, 0) is 45.4 Å². The van der Waals surface area contributed by atoms with Crippen LogP contribution in [0.5, 0.6) is 0 Å². The Kier molecular flexibility index (Phi) is 4.28. The minimum atomic E-state index is -0.504. The number of nitrogens with one attached hydrogen (secondary N) is 1. The lowest BCUT2D eigenvalue weighted by Crippen LogP contribution is -2.38. The molecule has 0 bridgehead atoms. The minimum Gasteiger partial charge on any atom is -0.353 e. The molecular weight excluding hydrogens is 230 g/mol. The zero-order valence-corrected chi connectivity index (χ0v) is 11.7. The second-order valence-corrected chi connectivity index (χ2v) is 6.15. The standard InChI is InChI=1S/C14H25NO3/c1-10-4-6-11(7-5-10)13(16)15-8-12-9-17-14(2,3)18-12/h10-12H,4-9H2,1-3H3,(H,15,16). The van der Waals surface area contributed by atoms with Gasteiger partial charge in [-0.2, -0.15) is 0 Å². The van der Waals surface area contributed by atoms with Crippen LogP contribution in [0.3, 0.4) is 0 Å².